The Hall–Kier alpha value is -2.04. The highest BCUT2D eigenvalue weighted by atomic mass is 16.5. The molecule has 1 N–H and O–H groups in total. The molecule has 1 aliphatic rings. The summed E-state index contributed by atoms with van der Waals surface area (Å²) in [5, 5.41) is 8.73. The molecular formula is C13H15NO4. The van der Waals surface area contributed by atoms with Gasteiger partial charge in [-0.3, -0.25) is 4.79 Å². The molecule has 5 nitrogen and oxygen atoms in total. The van der Waals surface area contributed by atoms with E-state index in [4.69, 9.17) is 9.84 Å². The van der Waals surface area contributed by atoms with Crippen molar-refractivity contribution in [3.63, 3.8) is 0 Å². The van der Waals surface area contributed by atoms with E-state index in [1.807, 2.05) is 0 Å². The van der Waals surface area contributed by atoms with Crippen LogP contribution in [0.15, 0.2) is 24.3 Å². The number of carboxylic acids is 1. The molecule has 0 saturated heterocycles. The normalized spacial score (nSPS) is 14.1. The summed E-state index contributed by atoms with van der Waals surface area (Å²) in [6.45, 7) is -0.0145. The number of aromatic carboxylic acids is 1. The molecule has 0 aliphatic heterocycles. The Labute approximate surface area is 105 Å². The van der Waals surface area contributed by atoms with Gasteiger partial charge in [0, 0.05) is 13.1 Å². The second kappa shape index (κ2) is 5.08. The molecule has 5 heteroatoms. The standard InChI is InChI=1S/C13H15NO4/c1-14(10-4-5-10)12(15)8-18-11-6-2-9(3-7-11)13(16)17/h2-3,6-7,10H,4-5,8H2,1H3,(H,16,17). The highest BCUT2D eigenvalue weighted by molar-refractivity contribution is 5.87. The Morgan fingerprint density at radius 3 is 2.44 bits per heavy atom. The number of carbonyl (C=O) groups is 2. The second-order valence-electron chi connectivity index (χ2n) is 4.35. The smallest absolute Gasteiger partial charge is 0.335 e. The van der Waals surface area contributed by atoms with Crippen molar-refractivity contribution in [1.82, 2.24) is 4.90 Å². The van der Waals surface area contributed by atoms with E-state index in [0.717, 1.165) is 12.8 Å². The first-order valence-electron chi connectivity index (χ1n) is 5.80. The number of amides is 1. The quantitative estimate of drug-likeness (QED) is 0.856. The molecule has 18 heavy (non-hydrogen) atoms. The van der Waals surface area contributed by atoms with Crippen LogP contribution in [-0.2, 0) is 4.79 Å². The summed E-state index contributed by atoms with van der Waals surface area (Å²) in [4.78, 5) is 24.0. The fourth-order valence-corrected chi connectivity index (χ4v) is 1.61. The lowest BCUT2D eigenvalue weighted by Crippen LogP contribution is -2.33. The molecule has 96 valence electrons. The number of carboxylic acid groups (broad SMARTS) is 1. The number of carbonyl (C=O) groups excluding carboxylic acids is 1. The molecule has 1 saturated carbocycles. The first-order valence-corrected chi connectivity index (χ1v) is 5.80. The Bertz CT molecular complexity index is 451. The van der Waals surface area contributed by atoms with Gasteiger partial charge in [0.2, 0.25) is 0 Å². The number of hydrogen-bond acceptors (Lipinski definition) is 3. The molecule has 0 aromatic heterocycles. The zero-order chi connectivity index (χ0) is 13.1. The van der Waals surface area contributed by atoms with Gasteiger partial charge in [0.05, 0.1) is 5.56 Å². The maximum absolute atomic E-state index is 11.7. The van der Waals surface area contributed by atoms with Gasteiger partial charge in [0.15, 0.2) is 6.61 Å². The average molecular weight is 249 g/mol. The molecule has 1 aromatic rings. The summed E-state index contributed by atoms with van der Waals surface area (Å²) >= 11 is 0. The van der Waals surface area contributed by atoms with Crippen LogP contribution in [0.5, 0.6) is 5.75 Å². The van der Waals surface area contributed by atoms with Crippen LogP contribution >= 0.6 is 0 Å². The molecule has 0 atom stereocenters. The van der Waals surface area contributed by atoms with E-state index in [1.165, 1.54) is 12.1 Å². The zero-order valence-electron chi connectivity index (χ0n) is 10.1. The third-order valence-electron chi connectivity index (χ3n) is 2.95. The van der Waals surface area contributed by atoms with E-state index in [1.54, 1.807) is 24.1 Å². The fourth-order valence-electron chi connectivity index (χ4n) is 1.61. The van der Waals surface area contributed by atoms with E-state index in [2.05, 4.69) is 0 Å². The molecule has 2 rings (SSSR count). The second-order valence-corrected chi connectivity index (χ2v) is 4.35. The number of benzene rings is 1. The maximum atomic E-state index is 11.7. The van der Waals surface area contributed by atoms with E-state index in [0.29, 0.717) is 11.8 Å². The van der Waals surface area contributed by atoms with E-state index < -0.39 is 5.97 Å². The van der Waals surface area contributed by atoms with Crippen molar-refractivity contribution >= 4 is 11.9 Å². The molecule has 0 radical (unpaired) electrons. The zero-order valence-corrected chi connectivity index (χ0v) is 10.1. The summed E-state index contributed by atoms with van der Waals surface area (Å²) < 4.78 is 5.32. The number of ether oxygens (including phenoxy) is 1. The van der Waals surface area contributed by atoms with Gasteiger partial charge in [-0.25, -0.2) is 4.79 Å². The van der Waals surface area contributed by atoms with E-state index in [9.17, 15) is 9.59 Å². The molecule has 0 spiro atoms. The van der Waals surface area contributed by atoms with Crippen LogP contribution in [0.2, 0.25) is 0 Å². The number of nitrogens with zero attached hydrogens (tertiary/aromatic N) is 1. The van der Waals surface area contributed by atoms with Crippen molar-refractivity contribution in [3.8, 4) is 5.75 Å². The van der Waals surface area contributed by atoms with Gasteiger partial charge in [-0.2, -0.15) is 0 Å². The third-order valence-corrected chi connectivity index (χ3v) is 2.95. The van der Waals surface area contributed by atoms with Crippen molar-refractivity contribution < 1.29 is 19.4 Å². The van der Waals surface area contributed by atoms with Gasteiger partial charge in [0.1, 0.15) is 5.75 Å². The first kappa shape index (κ1) is 12.4. The minimum Gasteiger partial charge on any atom is -0.484 e. The van der Waals surface area contributed by atoms with E-state index in [-0.39, 0.29) is 18.1 Å². The van der Waals surface area contributed by atoms with Gasteiger partial charge in [-0.05, 0) is 37.1 Å². The van der Waals surface area contributed by atoms with Gasteiger partial charge < -0.3 is 14.7 Å². The maximum Gasteiger partial charge on any atom is 0.335 e. The largest absolute Gasteiger partial charge is 0.484 e. The van der Waals surface area contributed by atoms with Crippen LogP contribution in [0.4, 0.5) is 0 Å². The van der Waals surface area contributed by atoms with Gasteiger partial charge in [-0.15, -0.1) is 0 Å². The van der Waals surface area contributed by atoms with Crippen LogP contribution in [0.1, 0.15) is 23.2 Å². The minimum atomic E-state index is -0.980. The van der Waals surface area contributed by atoms with Crippen molar-refractivity contribution in [3.05, 3.63) is 29.8 Å². The highest BCUT2D eigenvalue weighted by Gasteiger charge is 2.29. The number of hydrogen-bond donors (Lipinski definition) is 1. The fraction of sp³-hybridized carbons (Fsp3) is 0.385. The summed E-state index contributed by atoms with van der Waals surface area (Å²) in [6.07, 6.45) is 2.13. The lowest BCUT2D eigenvalue weighted by Gasteiger charge is -2.16. The van der Waals surface area contributed by atoms with Gasteiger partial charge in [-0.1, -0.05) is 0 Å². The Morgan fingerprint density at radius 2 is 1.94 bits per heavy atom. The summed E-state index contributed by atoms with van der Waals surface area (Å²) in [5.74, 6) is -0.538. The number of rotatable bonds is 5. The number of likely N-dealkylation sites (N-methyl/N-ethyl adjacent to an activating group) is 1. The van der Waals surface area contributed by atoms with Gasteiger partial charge in [0.25, 0.3) is 5.91 Å². The topological polar surface area (TPSA) is 66.8 Å². The molecule has 0 bridgehead atoms. The lowest BCUT2D eigenvalue weighted by molar-refractivity contribution is -0.132. The van der Waals surface area contributed by atoms with Gasteiger partial charge >= 0.3 is 5.97 Å². The highest BCUT2D eigenvalue weighted by Crippen LogP contribution is 2.25. The van der Waals surface area contributed by atoms with Crippen molar-refractivity contribution in [2.45, 2.75) is 18.9 Å². The van der Waals surface area contributed by atoms with Crippen molar-refractivity contribution in [2.24, 2.45) is 0 Å². The first-order chi connectivity index (χ1) is 8.58. The van der Waals surface area contributed by atoms with Crippen LogP contribution in [0.25, 0.3) is 0 Å². The molecular weight excluding hydrogens is 234 g/mol. The predicted octanol–water partition coefficient (Wildman–Crippen LogP) is 1.38. The lowest BCUT2D eigenvalue weighted by atomic mass is 10.2. The van der Waals surface area contributed by atoms with Crippen molar-refractivity contribution in [2.75, 3.05) is 13.7 Å². The predicted molar refractivity (Wildman–Crippen MR) is 64.7 cm³/mol. The Morgan fingerprint density at radius 1 is 1.33 bits per heavy atom. The molecule has 1 aliphatic carbocycles. The van der Waals surface area contributed by atoms with E-state index >= 15 is 0 Å². The molecule has 0 unspecified atom stereocenters. The Kier molecular flexibility index (Phi) is 3.50. The van der Waals surface area contributed by atoms with Crippen LogP contribution in [0, 0.1) is 0 Å². The monoisotopic (exact) mass is 249 g/mol. The molecule has 1 aromatic carbocycles. The SMILES string of the molecule is CN(C(=O)COc1ccc(C(=O)O)cc1)C1CC1. The van der Waals surface area contributed by atoms with Crippen LogP contribution < -0.4 is 4.74 Å². The van der Waals surface area contributed by atoms with Crippen molar-refractivity contribution in [1.29, 1.82) is 0 Å². The summed E-state index contributed by atoms with van der Waals surface area (Å²) in [7, 11) is 1.77. The molecule has 1 amide bonds. The molecule has 0 heterocycles. The van der Waals surface area contributed by atoms with Crippen LogP contribution in [-0.4, -0.2) is 41.6 Å². The minimum absolute atomic E-state index is 0.0145. The third kappa shape index (κ3) is 3.00. The average Bonchev–Trinajstić information content (AvgIpc) is 3.19. The van der Waals surface area contributed by atoms with Crippen LogP contribution in [0.3, 0.4) is 0 Å². The molecule has 1 fully saturated rings. The summed E-state index contributed by atoms with van der Waals surface area (Å²) in [6, 6.07) is 6.37. The summed E-state index contributed by atoms with van der Waals surface area (Å²) in [5.41, 5.74) is 0.198. The Balaban J connectivity index is 1.85.